The van der Waals surface area contributed by atoms with Crippen molar-refractivity contribution in [2.45, 2.75) is 122 Å². The van der Waals surface area contributed by atoms with E-state index in [1.807, 2.05) is 0 Å². The Labute approximate surface area is 213 Å². The summed E-state index contributed by atoms with van der Waals surface area (Å²) in [6, 6.07) is 0. The number of carboxylic acids is 3. The molecule has 0 aliphatic rings. The predicted octanol–water partition coefficient (Wildman–Crippen LogP) is 6.65. The summed E-state index contributed by atoms with van der Waals surface area (Å²) >= 11 is 0. The zero-order valence-corrected chi connectivity index (χ0v) is 22.2. The van der Waals surface area contributed by atoms with E-state index in [2.05, 4.69) is 19.1 Å². The summed E-state index contributed by atoms with van der Waals surface area (Å²) in [7, 11) is 0. The normalized spacial score (nSPS) is 11.8. The average Bonchev–Trinajstić information content (AvgIpc) is 2.76. The van der Waals surface area contributed by atoms with Crippen LogP contribution in [0.2, 0.25) is 0 Å². The van der Waals surface area contributed by atoms with Crippen LogP contribution in [0, 0.1) is 0 Å². The van der Waals surface area contributed by atoms with Gasteiger partial charge in [-0.05, 0) is 38.5 Å². The van der Waals surface area contributed by atoms with Crippen LogP contribution in [0.5, 0.6) is 0 Å². The lowest BCUT2D eigenvalue weighted by Gasteiger charge is -2.34. The lowest BCUT2D eigenvalue weighted by molar-refractivity contribution is -0.907. The fourth-order valence-electron chi connectivity index (χ4n) is 4.67. The highest BCUT2D eigenvalue weighted by atomic mass is 16.4. The maximum atomic E-state index is 11.2. The first kappa shape index (κ1) is 33.1. The van der Waals surface area contributed by atoms with E-state index in [1.54, 1.807) is 0 Å². The van der Waals surface area contributed by atoms with Gasteiger partial charge in [0.25, 0.3) is 0 Å². The van der Waals surface area contributed by atoms with Crippen molar-refractivity contribution in [3.05, 3.63) is 12.2 Å². The summed E-state index contributed by atoms with van der Waals surface area (Å²) < 4.78 is -0.435. The molecule has 0 atom stereocenters. The van der Waals surface area contributed by atoms with Gasteiger partial charge < -0.3 is 15.3 Å². The predicted molar refractivity (Wildman–Crippen MR) is 141 cm³/mol. The minimum Gasteiger partial charge on any atom is -0.477 e. The van der Waals surface area contributed by atoms with E-state index in [1.165, 1.54) is 89.9 Å². The molecule has 0 saturated heterocycles. The first-order valence-corrected chi connectivity index (χ1v) is 14.0. The molecule has 0 aliphatic carbocycles. The number of quaternary nitrogens is 1. The zero-order valence-electron chi connectivity index (χ0n) is 22.2. The molecule has 0 aromatic rings. The molecule has 0 saturated carbocycles. The molecule has 204 valence electrons. The zero-order chi connectivity index (χ0) is 26.2. The van der Waals surface area contributed by atoms with Crippen LogP contribution in [0.25, 0.3) is 0 Å². The molecule has 0 fully saturated rings. The maximum Gasteiger partial charge on any atom is 0.359 e. The molecular weight excluding hydrogens is 446 g/mol. The third kappa shape index (κ3) is 22.3. The van der Waals surface area contributed by atoms with Crippen molar-refractivity contribution in [2.75, 3.05) is 26.2 Å². The molecule has 0 aromatic carbocycles. The number of hydrogen-bond acceptors (Lipinski definition) is 3. The fourth-order valence-corrected chi connectivity index (χ4v) is 4.67. The minimum atomic E-state index is -1.17. The van der Waals surface area contributed by atoms with Gasteiger partial charge in [0, 0.05) is 0 Å². The van der Waals surface area contributed by atoms with Crippen LogP contribution in [0.3, 0.4) is 0 Å². The second kappa shape index (κ2) is 22.6. The molecule has 0 unspecified atom stereocenters. The lowest BCUT2D eigenvalue weighted by atomic mass is 10.0. The van der Waals surface area contributed by atoms with Gasteiger partial charge in [-0.2, -0.15) is 0 Å². The highest BCUT2D eigenvalue weighted by Gasteiger charge is 2.35. The number of carbonyl (C=O) groups is 3. The molecule has 0 amide bonds. The second-order valence-corrected chi connectivity index (χ2v) is 10.1. The van der Waals surface area contributed by atoms with Gasteiger partial charge >= 0.3 is 17.9 Å². The third-order valence-corrected chi connectivity index (χ3v) is 6.56. The van der Waals surface area contributed by atoms with Crippen molar-refractivity contribution >= 4 is 17.9 Å². The fraction of sp³-hybridized carbons (Fsp3) is 0.821. The summed E-state index contributed by atoms with van der Waals surface area (Å²) in [5.74, 6) is -3.51. The topological polar surface area (TPSA) is 112 Å². The number of allylic oxidation sites excluding steroid dienone is 2. The highest BCUT2D eigenvalue weighted by molar-refractivity contribution is 5.73. The van der Waals surface area contributed by atoms with Crippen molar-refractivity contribution in [3.63, 3.8) is 0 Å². The number of hydrogen-bond donors (Lipinski definition) is 3. The van der Waals surface area contributed by atoms with E-state index in [9.17, 15) is 14.4 Å². The Hall–Kier alpha value is -1.89. The summed E-state index contributed by atoms with van der Waals surface area (Å²) in [6.07, 6.45) is 26.4. The van der Waals surface area contributed by atoms with Gasteiger partial charge in [0.15, 0.2) is 19.6 Å². The molecule has 7 heteroatoms. The van der Waals surface area contributed by atoms with Crippen molar-refractivity contribution in [1.29, 1.82) is 0 Å². The molecule has 0 bridgehead atoms. The van der Waals surface area contributed by atoms with Crippen LogP contribution in [-0.4, -0.2) is 63.9 Å². The molecular formula is C28H52NO6+. The summed E-state index contributed by atoms with van der Waals surface area (Å²) in [6.45, 7) is 1.07. The third-order valence-electron chi connectivity index (χ3n) is 6.56. The van der Waals surface area contributed by atoms with E-state index in [0.717, 1.165) is 19.3 Å². The molecule has 0 radical (unpaired) electrons. The summed E-state index contributed by atoms with van der Waals surface area (Å²) in [5.41, 5.74) is 0. The SMILES string of the molecule is CCCCC/C=C/CCCCCCCCCCCCCCC[N+](CC(=O)O)(CC(=O)O)CC(=O)O. The van der Waals surface area contributed by atoms with E-state index < -0.39 is 42.0 Å². The first-order valence-electron chi connectivity index (χ1n) is 14.0. The average molecular weight is 499 g/mol. The van der Waals surface area contributed by atoms with Crippen LogP contribution >= 0.6 is 0 Å². The van der Waals surface area contributed by atoms with E-state index in [-0.39, 0.29) is 6.54 Å². The van der Waals surface area contributed by atoms with Gasteiger partial charge in [-0.15, -0.1) is 0 Å². The highest BCUT2D eigenvalue weighted by Crippen LogP contribution is 2.15. The molecule has 35 heavy (non-hydrogen) atoms. The Morgan fingerprint density at radius 1 is 0.514 bits per heavy atom. The molecule has 0 spiro atoms. The molecule has 0 aromatic heterocycles. The van der Waals surface area contributed by atoms with Gasteiger partial charge in [0.2, 0.25) is 0 Å². The Morgan fingerprint density at radius 3 is 1.17 bits per heavy atom. The van der Waals surface area contributed by atoms with Gasteiger partial charge in [0.05, 0.1) is 6.54 Å². The van der Waals surface area contributed by atoms with Crippen LogP contribution in [-0.2, 0) is 14.4 Å². The number of rotatable bonds is 26. The standard InChI is InChI=1S/C28H51NO6/c1-2-3-4-5-6-7-8-9-10-11-12-13-14-15-16-17-18-19-20-21-22-29(23-26(30)31,24-27(32)33)25-28(34)35/h6-7H,2-5,8-25H2,1H3,(H2-,30,31,32,33,34,35)/p+1/b7-6+. The Bertz CT molecular complexity index is 549. The largest absolute Gasteiger partial charge is 0.477 e. The second-order valence-electron chi connectivity index (χ2n) is 10.1. The van der Waals surface area contributed by atoms with E-state index in [0.29, 0.717) is 6.42 Å². The van der Waals surface area contributed by atoms with E-state index >= 15 is 0 Å². The van der Waals surface area contributed by atoms with Crippen LogP contribution in [0.15, 0.2) is 12.2 Å². The van der Waals surface area contributed by atoms with Crippen LogP contribution in [0.1, 0.15) is 122 Å². The van der Waals surface area contributed by atoms with E-state index in [4.69, 9.17) is 15.3 Å². The van der Waals surface area contributed by atoms with Crippen LogP contribution < -0.4 is 0 Å². The molecule has 7 nitrogen and oxygen atoms in total. The number of unbranched alkanes of at least 4 members (excludes halogenated alkanes) is 16. The Balaban J connectivity index is 3.70. The van der Waals surface area contributed by atoms with Gasteiger partial charge in [-0.25, -0.2) is 14.4 Å². The number of carboxylic acid groups (broad SMARTS) is 3. The van der Waals surface area contributed by atoms with Crippen molar-refractivity contribution < 1.29 is 34.2 Å². The first-order chi connectivity index (χ1) is 16.8. The number of aliphatic carboxylic acids is 3. The van der Waals surface area contributed by atoms with Crippen molar-refractivity contribution in [3.8, 4) is 0 Å². The maximum absolute atomic E-state index is 11.2. The Kier molecular flexibility index (Phi) is 21.3. The summed E-state index contributed by atoms with van der Waals surface area (Å²) in [4.78, 5) is 33.5. The summed E-state index contributed by atoms with van der Waals surface area (Å²) in [5, 5.41) is 27.4. The molecule has 0 rings (SSSR count). The lowest BCUT2D eigenvalue weighted by Crippen LogP contribution is -2.57. The van der Waals surface area contributed by atoms with Crippen molar-refractivity contribution in [2.24, 2.45) is 0 Å². The smallest absolute Gasteiger partial charge is 0.359 e. The van der Waals surface area contributed by atoms with Crippen molar-refractivity contribution in [1.82, 2.24) is 0 Å². The Morgan fingerprint density at radius 2 is 0.829 bits per heavy atom. The van der Waals surface area contributed by atoms with Gasteiger partial charge in [-0.3, -0.25) is 4.48 Å². The minimum absolute atomic E-state index is 0.264. The molecule has 3 N–H and O–H groups in total. The quantitative estimate of drug-likeness (QED) is 0.0699. The molecule has 0 aliphatic heterocycles. The monoisotopic (exact) mass is 498 g/mol. The van der Waals surface area contributed by atoms with Gasteiger partial charge in [-0.1, -0.05) is 96.1 Å². The van der Waals surface area contributed by atoms with Gasteiger partial charge in [0.1, 0.15) is 0 Å². The van der Waals surface area contributed by atoms with Crippen LogP contribution in [0.4, 0.5) is 0 Å². The number of nitrogens with zero attached hydrogens (tertiary/aromatic N) is 1. The molecule has 0 heterocycles.